The second kappa shape index (κ2) is 8.40. The number of para-hydroxylation sites is 1. The second-order valence-electron chi connectivity index (χ2n) is 7.99. The number of thioether (sulfide) groups is 1. The standard InChI is InChI=1S/C23H27N3O3S/c1-14-11-19(16(3)25(14)17-9-10-17)21(27)13-30-23-24-20-8-6-5-7-18(20)22(28)26(23)15(2)12-29-4/h5-8,11,15,17H,9-10,12-13H2,1-4H3. The van der Waals surface area contributed by atoms with Crippen LogP contribution in [0.2, 0.25) is 0 Å². The molecule has 6 nitrogen and oxygen atoms in total. The van der Waals surface area contributed by atoms with Gasteiger partial charge >= 0.3 is 0 Å². The van der Waals surface area contributed by atoms with E-state index in [-0.39, 0.29) is 23.1 Å². The Bertz CT molecular complexity index is 1160. The Morgan fingerprint density at radius 3 is 2.73 bits per heavy atom. The molecule has 0 spiro atoms. The van der Waals surface area contributed by atoms with Gasteiger partial charge in [0.15, 0.2) is 10.9 Å². The molecule has 0 amide bonds. The fourth-order valence-electron chi connectivity index (χ4n) is 4.09. The molecule has 1 aromatic carbocycles. The summed E-state index contributed by atoms with van der Waals surface area (Å²) < 4.78 is 9.20. The van der Waals surface area contributed by atoms with Crippen molar-refractivity contribution in [3.8, 4) is 0 Å². The van der Waals surface area contributed by atoms with E-state index in [0.717, 1.165) is 17.0 Å². The minimum Gasteiger partial charge on any atom is -0.383 e. The van der Waals surface area contributed by atoms with E-state index in [4.69, 9.17) is 9.72 Å². The largest absolute Gasteiger partial charge is 0.383 e. The number of fused-ring (bicyclic) bond motifs is 1. The molecule has 3 aromatic rings. The number of aromatic nitrogens is 3. The van der Waals surface area contributed by atoms with Crippen LogP contribution in [-0.4, -0.2) is 39.4 Å². The third-order valence-electron chi connectivity index (χ3n) is 5.65. The van der Waals surface area contributed by atoms with Gasteiger partial charge < -0.3 is 9.30 Å². The summed E-state index contributed by atoms with van der Waals surface area (Å²) >= 11 is 1.32. The molecule has 1 unspecified atom stereocenters. The Kier molecular flexibility index (Phi) is 5.84. The summed E-state index contributed by atoms with van der Waals surface area (Å²) in [5.41, 5.74) is 3.48. The molecule has 158 valence electrons. The Balaban J connectivity index is 1.65. The van der Waals surface area contributed by atoms with Gasteiger partial charge in [-0.1, -0.05) is 23.9 Å². The zero-order valence-electron chi connectivity index (χ0n) is 17.8. The van der Waals surface area contributed by atoms with Gasteiger partial charge in [-0.3, -0.25) is 14.2 Å². The third kappa shape index (κ3) is 3.84. The van der Waals surface area contributed by atoms with Crippen LogP contribution in [0, 0.1) is 13.8 Å². The van der Waals surface area contributed by atoms with Crippen molar-refractivity contribution in [2.75, 3.05) is 19.5 Å². The van der Waals surface area contributed by atoms with Crippen molar-refractivity contribution in [3.05, 3.63) is 57.6 Å². The van der Waals surface area contributed by atoms with Crippen LogP contribution in [0.3, 0.4) is 0 Å². The van der Waals surface area contributed by atoms with Crippen LogP contribution in [0.1, 0.15) is 53.6 Å². The first-order chi connectivity index (χ1) is 14.4. The highest BCUT2D eigenvalue weighted by atomic mass is 32.2. The molecule has 1 saturated carbocycles. The molecule has 0 bridgehead atoms. The summed E-state index contributed by atoms with van der Waals surface area (Å²) in [6.07, 6.45) is 2.37. The number of ether oxygens (including phenoxy) is 1. The number of carbonyl (C=O) groups excluding carboxylic acids is 1. The molecule has 0 saturated heterocycles. The number of methoxy groups -OCH3 is 1. The molecule has 1 atom stereocenters. The molecule has 30 heavy (non-hydrogen) atoms. The highest BCUT2D eigenvalue weighted by Crippen LogP contribution is 2.38. The van der Waals surface area contributed by atoms with Gasteiger partial charge in [0.25, 0.3) is 5.56 Å². The number of hydrogen-bond donors (Lipinski definition) is 0. The summed E-state index contributed by atoms with van der Waals surface area (Å²) in [7, 11) is 1.61. The van der Waals surface area contributed by atoms with Crippen molar-refractivity contribution < 1.29 is 9.53 Å². The summed E-state index contributed by atoms with van der Waals surface area (Å²) in [5.74, 6) is 0.299. The molecular formula is C23H27N3O3S. The highest BCUT2D eigenvalue weighted by molar-refractivity contribution is 7.99. The minimum absolute atomic E-state index is 0.0633. The van der Waals surface area contributed by atoms with Crippen LogP contribution in [0.4, 0.5) is 0 Å². The quantitative estimate of drug-likeness (QED) is 0.305. The molecule has 2 heterocycles. The maximum Gasteiger partial charge on any atom is 0.262 e. The number of rotatable bonds is 8. The van der Waals surface area contributed by atoms with Gasteiger partial charge in [-0.2, -0.15) is 0 Å². The van der Waals surface area contributed by atoms with Gasteiger partial charge in [0.2, 0.25) is 0 Å². The molecule has 2 aromatic heterocycles. The van der Waals surface area contributed by atoms with Crippen molar-refractivity contribution >= 4 is 28.4 Å². The van der Waals surface area contributed by atoms with Crippen molar-refractivity contribution in [3.63, 3.8) is 0 Å². The van der Waals surface area contributed by atoms with Crippen LogP contribution in [0.15, 0.2) is 40.3 Å². The summed E-state index contributed by atoms with van der Waals surface area (Å²) in [4.78, 5) is 30.9. The normalized spacial score (nSPS) is 14.9. The zero-order chi connectivity index (χ0) is 21.4. The lowest BCUT2D eigenvalue weighted by atomic mass is 10.2. The predicted octanol–water partition coefficient (Wildman–Crippen LogP) is 4.33. The van der Waals surface area contributed by atoms with Crippen LogP contribution in [0.5, 0.6) is 0 Å². The van der Waals surface area contributed by atoms with Gasteiger partial charge in [0.1, 0.15) is 0 Å². The maximum atomic E-state index is 13.1. The molecule has 4 rings (SSSR count). The van der Waals surface area contributed by atoms with Crippen LogP contribution < -0.4 is 5.56 Å². The lowest BCUT2D eigenvalue weighted by Crippen LogP contribution is -2.28. The smallest absolute Gasteiger partial charge is 0.262 e. The number of aryl methyl sites for hydroxylation is 1. The summed E-state index contributed by atoms with van der Waals surface area (Å²) in [5, 5.41) is 1.12. The minimum atomic E-state index is -0.183. The molecule has 0 N–H and O–H groups in total. The molecule has 0 radical (unpaired) electrons. The Hall–Kier alpha value is -2.38. The molecule has 7 heteroatoms. The van der Waals surface area contributed by atoms with E-state index < -0.39 is 0 Å². The monoisotopic (exact) mass is 425 g/mol. The molecule has 1 aliphatic carbocycles. The van der Waals surface area contributed by atoms with Gasteiger partial charge in [0, 0.05) is 30.1 Å². The van der Waals surface area contributed by atoms with E-state index in [1.54, 1.807) is 17.7 Å². The van der Waals surface area contributed by atoms with Gasteiger partial charge in [-0.05, 0) is 51.8 Å². The van der Waals surface area contributed by atoms with Crippen LogP contribution in [0.25, 0.3) is 10.9 Å². The van der Waals surface area contributed by atoms with E-state index in [1.165, 1.54) is 24.6 Å². The van der Waals surface area contributed by atoms with E-state index in [0.29, 0.717) is 28.7 Å². The van der Waals surface area contributed by atoms with E-state index >= 15 is 0 Å². The lowest BCUT2D eigenvalue weighted by Gasteiger charge is -2.18. The van der Waals surface area contributed by atoms with Crippen molar-refractivity contribution in [1.29, 1.82) is 0 Å². The van der Waals surface area contributed by atoms with E-state index in [9.17, 15) is 9.59 Å². The number of hydrogen-bond acceptors (Lipinski definition) is 5. The number of benzene rings is 1. The molecule has 1 aliphatic rings. The van der Waals surface area contributed by atoms with Gasteiger partial charge in [0.05, 0.1) is 29.3 Å². The topological polar surface area (TPSA) is 66.1 Å². The summed E-state index contributed by atoms with van der Waals surface area (Å²) in [6, 6.07) is 9.67. The maximum absolute atomic E-state index is 13.1. The Morgan fingerprint density at radius 2 is 2.03 bits per heavy atom. The molecule has 0 aliphatic heterocycles. The zero-order valence-corrected chi connectivity index (χ0v) is 18.7. The first kappa shape index (κ1) is 20.9. The fourth-order valence-corrected chi connectivity index (χ4v) is 5.07. The Labute approximate surface area is 180 Å². The number of ketones is 1. The van der Waals surface area contributed by atoms with Gasteiger partial charge in [-0.15, -0.1) is 0 Å². The second-order valence-corrected chi connectivity index (χ2v) is 8.93. The lowest BCUT2D eigenvalue weighted by molar-refractivity contribution is 0.102. The average Bonchev–Trinajstić information content (AvgIpc) is 3.50. The highest BCUT2D eigenvalue weighted by Gasteiger charge is 2.28. The third-order valence-corrected chi connectivity index (χ3v) is 6.61. The van der Waals surface area contributed by atoms with Crippen molar-refractivity contribution in [2.24, 2.45) is 0 Å². The predicted molar refractivity (Wildman–Crippen MR) is 120 cm³/mol. The van der Waals surface area contributed by atoms with E-state index in [2.05, 4.69) is 11.5 Å². The Morgan fingerprint density at radius 1 is 1.30 bits per heavy atom. The average molecular weight is 426 g/mol. The molecular weight excluding hydrogens is 398 g/mol. The van der Waals surface area contributed by atoms with E-state index in [1.807, 2.05) is 38.1 Å². The number of Topliss-reactive ketones (excluding diaryl/α,β-unsaturated/α-hetero) is 1. The van der Waals surface area contributed by atoms with Crippen molar-refractivity contribution in [1.82, 2.24) is 14.1 Å². The first-order valence-corrected chi connectivity index (χ1v) is 11.3. The number of nitrogens with zero attached hydrogens (tertiary/aromatic N) is 3. The van der Waals surface area contributed by atoms with Crippen LogP contribution in [-0.2, 0) is 4.74 Å². The molecule has 1 fully saturated rings. The van der Waals surface area contributed by atoms with Gasteiger partial charge in [-0.25, -0.2) is 4.98 Å². The SMILES string of the molecule is COCC(C)n1c(SCC(=O)c2cc(C)n(C3CC3)c2C)nc2ccccc2c1=O. The first-order valence-electron chi connectivity index (χ1n) is 10.3. The van der Waals surface area contributed by atoms with Crippen LogP contribution >= 0.6 is 11.8 Å². The summed E-state index contributed by atoms with van der Waals surface area (Å²) in [6.45, 7) is 6.40. The fraction of sp³-hybridized carbons (Fsp3) is 0.435. The van der Waals surface area contributed by atoms with Crippen molar-refractivity contribution in [2.45, 2.75) is 50.9 Å². The number of carbonyl (C=O) groups is 1.